The van der Waals surface area contributed by atoms with Crippen molar-refractivity contribution < 1.29 is 13.2 Å². The van der Waals surface area contributed by atoms with Crippen molar-refractivity contribution in [2.45, 2.75) is 32.6 Å². The summed E-state index contributed by atoms with van der Waals surface area (Å²) in [4.78, 5) is 2.11. The molecular formula is C14H20BrF3N2. The van der Waals surface area contributed by atoms with Crippen LogP contribution in [0.4, 0.5) is 13.2 Å². The summed E-state index contributed by atoms with van der Waals surface area (Å²) in [6.45, 7) is 5.94. The van der Waals surface area contributed by atoms with E-state index in [0.717, 1.165) is 19.2 Å². The fourth-order valence-electron chi connectivity index (χ4n) is 1.91. The van der Waals surface area contributed by atoms with Gasteiger partial charge in [0.1, 0.15) is 0 Å². The molecule has 2 nitrogen and oxygen atoms in total. The van der Waals surface area contributed by atoms with E-state index in [0.29, 0.717) is 4.47 Å². The topological polar surface area (TPSA) is 15.3 Å². The molecule has 1 rings (SSSR count). The molecule has 6 heteroatoms. The Morgan fingerprint density at radius 2 is 2.00 bits per heavy atom. The van der Waals surface area contributed by atoms with Crippen molar-refractivity contribution in [2.24, 2.45) is 0 Å². The van der Waals surface area contributed by atoms with Crippen LogP contribution in [0.15, 0.2) is 22.7 Å². The van der Waals surface area contributed by atoms with Crippen molar-refractivity contribution in [3.63, 3.8) is 0 Å². The van der Waals surface area contributed by atoms with Crippen LogP contribution < -0.4 is 5.32 Å². The Bertz CT molecular complexity index is 435. The second-order valence-corrected chi connectivity index (χ2v) is 5.85. The van der Waals surface area contributed by atoms with Gasteiger partial charge < -0.3 is 10.2 Å². The summed E-state index contributed by atoms with van der Waals surface area (Å²) in [5, 5.41) is 3.14. The smallest absolute Gasteiger partial charge is 0.309 e. The third-order valence-corrected chi connectivity index (χ3v) is 3.64. The van der Waals surface area contributed by atoms with Crippen LogP contribution in [0.5, 0.6) is 0 Å². The minimum absolute atomic E-state index is 0.129. The molecule has 0 heterocycles. The minimum Gasteiger partial charge on any atom is -0.309 e. The van der Waals surface area contributed by atoms with Crippen LogP contribution in [0.2, 0.25) is 0 Å². The average Bonchev–Trinajstić information content (AvgIpc) is 2.36. The summed E-state index contributed by atoms with van der Waals surface area (Å²) in [6.07, 6.45) is -4.33. The summed E-state index contributed by atoms with van der Waals surface area (Å²) in [7, 11) is 1.99. The molecule has 0 aromatic heterocycles. The molecule has 0 saturated carbocycles. The van der Waals surface area contributed by atoms with Gasteiger partial charge in [-0.3, -0.25) is 0 Å². The van der Waals surface area contributed by atoms with Crippen molar-refractivity contribution in [2.75, 3.05) is 20.1 Å². The van der Waals surface area contributed by atoms with Gasteiger partial charge in [-0.25, -0.2) is 0 Å². The molecule has 1 aromatic carbocycles. The molecule has 0 aliphatic carbocycles. The Kier molecular flexibility index (Phi) is 6.48. The highest BCUT2D eigenvalue weighted by atomic mass is 79.9. The number of nitrogens with zero attached hydrogens (tertiary/aromatic N) is 1. The molecule has 0 spiro atoms. The van der Waals surface area contributed by atoms with Crippen LogP contribution >= 0.6 is 15.9 Å². The number of hydrogen-bond donors (Lipinski definition) is 1. The second-order valence-electron chi connectivity index (χ2n) is 4.94. The third kappa shape index (κ3) is 5.42. The Balaban J connectivity index is 2.73. The maximum atomic E-state index is 13.0. The third-order valence-electron chi connectivity index (χ3n) is 3.14. The number of rotatable bonds is 6. The Labute approximate surface area is 126 Å². The van der Waals surface area contributed by atoms with E-state index in [9.17, 15) is 13.2 Å². The molecule has 0 bridgehead atoms. The van der Waals surface area contributed by atoms with Gasteiger partial charge in [-0.15, -0.1) is 0 Å². The SMILES string of the molecule is CCN(C)CC(C)NCc1ccc(Br)cc1C(F)(F)F. The molecule has 0 fully saturated rings. The van der Waals surface area contributed by atoms with E-state index in [4.69, 9.17) is 0 Å². The zero-order valence-electron chi connectivity index (χ0n) is 11.9. The fourth-order valence-corrected chi connectivity index (χ4v) is 2.27. The lowest BCUT2D eigenvalue weighted by atomic mass is 10.1. The van der Waals surface area contributed by atoms with Gasteiger partial charge in [-0.05, 0) is 38.2 Å². The van der Waals surface area contributed by atoms with Crippen LogP contribution in [-0.4, -0.2) is 31.1 Å². The molecule has 0 amide bonds. The lowest BCUT2D eigenvalue weighted by molar-refractivity contribution is -0.138. The van der Waals surface area contributed by atoms with Crippen molar-refractivity contribution >= 4 is 15.9 Å². The molecule has 1 unspecified atom stereocenters. The van der Waals surface area contributed by atoms with Gasteiger partial charge in [-0.1, -0.05) is 28.9 Å². The Morgan fingerprint density at radius 3 is 2.55 bits per heavy atom. The zero-order valence-corrected chi connectivity index (χ0v) is 13.5. The van der Waals surface area contributed by atoms with Crippen LogP contribution in [0.1, 0.15) is 25.0 Å². The molecule has 1 atom stereocenters. The monoisotopic (exact) mass is 352 g/mol. The van der Waals surface area contributed by atoms with Gasteiger partial charge >= 0.3 is 6.18 Å². The number of hydrogen-bond acceptors (Lipinski definition) is 2. The summed E-state index contributed by atoms with van der Waals surface area (Å²) >= 11 is 3.08. The summed E-state index contributed by atoms with van der Waals surface area (Å²) in [5.74, 6) is 0. The number of alkyl halides is 3. The lowest BCUT2D eigenvalue weighted by Crippen LogP contribution is -2.37. The normalized spacial score (nSPS) is 13.8. The van der Waals surface area contributed by atoms with Gasteiger partial charge in [0, 0.05) is 23.6 Å². The number of benzene rings is 1. The highest BCUT2D eigenvalue weighted by molar-refractivity contribution is 9.10. The van der Waals surface area contributed by atoms with E-state index < -0.39 is 11.7 Å². The van der Waals surface area contributed by atoms with Gasteiger partial charge in [0.15, 0.2) is 0 Å². The predicted octanol–water partition coefficient (Wildman–Crippen LogP) is 3.90. The molecule has 0 aliphatic rings. The summed E-state index contributed by atoms with van der Waals surface area (Å²) in [5.41, 5.74) is -0.317. The van der Waals surface area contributed by atoms with Gasteiger partial charge in [0.05, 0.1) is 5.56 Å². The molecular weight excluding hydrogens is 333 g/mol. The second kappa shape index (κ2) is 7.43. The minimum atomic E-state index is -4.33. The highest BCUT2D eigenvalue weighted by Crippen LogP contribution is 2.33. The molecule has 0 aliphatic heterocycles. The predicted molar refractivity (Wildman–Crippen MR) is 78.6 cm³/mol. The number of halogens is 4. The lowest BCUT2D eigenvalue weighted by Gasteiger charge is -2.21. The maximum Gasteiger partial charge on any atom is 0.416 e. The van der Waals surface area contributed by atoms with Crippen molar-refractivity contribution in [3.05, 3.63) is 33.8 Å². The maximum absolute atomic E-state index is 13.0. The van der Waals surface area contributed by atoms with E-state index >= 15 is 0 Å². The first-order chi connectivity index (χ1) is 9.24. The first-order valence-corrected chi connectivity index (χ1v) is 7.31. The van der Waals surface area contributed by atoms with E-state index in [1.807, 2.05) is 20.9 Å². The molecule has 20 heavy (non-hydrogen) atoms. The van der Waals surface area contributed by atoms with E-state index in [2.05, 4.69) is 26.1 Å². The quantitative estimate of drug-likeness (QED) is 0.835. The summed E-state index contributed by atoms with van der Waals surface area (Å²) < 4.78 is 39.3. The number of likely N-dealkylation sites (N-methyl/N-ethyl adjacent to an activating group) is 1. The van der Waals surface area contributed by atoms with E-state index in [1.165, 1.54) is 6.07 Å². The van der Waals surface area contributed by atoms with Gasteiger partial charge in [0.25, 0.3) is 0 Å². The largest absolute Gasteiger partial charge is 0.416 e. The van der Waals surface area contributed by atoms with Crippen LogP contribution in [0.25, 0.3) is 0 Å². The Hall–Kier alpha value is -0.590. The molecule has 0 radical (unpaired) electrons. The van der Waals surface area contributed by atoms with Crippen LogP contribution in [0.3, 0.4) is 0 Å². The zero-order chi connectivity index (χ0) is 15.3. The highest BCUT2D eigenvalue weighted by Gasteiger charge is 2.33. The molecule has 1 N–H and O–H groups in total. The molecule has 1 aromatic rings. The first kappa shape index (κ1) is 17.5. The van der Waals surface area contributed by atoms with Gasteiger partial charge in [0.2, 0.25) is 0 Å². The Morgan fingerprint density at radius 1 is 1.35 bits per heavy atom. The van der Waals surface area contributed by atoms with Crippen molar-refractivity contribution in [3.8, 4) is 0 Å². The molecule has 0 saturated heterocycles. The van der Waals surface area contributed by atoms with E-state index in [-0.39, 0.29) is 18.2 Å². The first-order valence-electron chi connectivity index (χ1n) is 6.51. The average molecular weight is 353 g/mol. The van der Waals surface area contributed by atoms with Gasteiger partial charge in [-0.2, -0.15) is 13.2 Å². The fraction of sp³-hybridized carbons (Fsp3) is 0.571. The standard InChI is InChI=1S/C14H20BrF3N2/c1-4-20(3)9-10(2)19-8-11-5-6-12(15)7-13(11)14(16,17)18/h5-7,10,19H,4,8-9H2,1-3H3. The van der Waals surface area contributed by atoms with Crippen molar-refractivity contribution in [1.82, 2.24) is 10.2 Å². The van der Waals surface area contributed by atoms with Crippen LogP contribution in [0, 0.1) is 0 Å². The number of nitrogens with one attached hydrogen (secondary N) is 1. The van der Waals surface area contributed by atoms with E-state index in [1.54, 1.807) is 6.07 Å². The summed E-state index contributed by atoms with van der Waals surface area (Å²) in [6, 6.07) is 4.40. The molecule has 114 valence electrons. The van der Waals surface area contributed by atoms with Crippen molar-refractivity contribution in [1.29, 1.82) is 0 Å². The van der Waals surface area contributed by atoms with Crippen LogP contribution in [-0.2, 0) is 12.7 Å².